The molecular formula is C34H32BrFN2O7S. The summed E-state index contributed by atoms with van der Waals surface area (Å²) in [4.78, 5) is 32.5. The summed E-state index contributed by atoms with van der Waals surface area (Å²) < 4.78 is 44.8. The Bertz CT molecular complexity index is 2000. The van der Waals surface area contributed by atoms with Crippen molar-refractivity contribution in [3.05, 3.63) is 113 Å². The molecule has 0 saturated heterocycles. The summed E-state index contributed by atoms with van der Waals surface area (Å²) in [5.74, 6) is 0.880. The van der Waals surface area contributed by atoms with E-state index in [9.17, 15) is 14.0 Å². The van der Waals surface area contributed by atoms with Crippen LogP contribution in [-0.2, 0) is 16.1 Å². The summed E-state index contributed by atoms with van der Waals surface area (Å²) in [6.07, 6.45) is 1.73. The molecule has 1 aliphatic rings. The Labute approximate surface area is 277 Å². The highest BCUT2D eigenvalue weighted by atomic mass is 79.9. The predicted octanol–water partition coefficient (Wildman–Crippen LogP) is 5.69. The van der Waals surface area contributed by atoms with Gasteiger partial charge in [0.2, 0.25) is 0 Å². The monoisotopic (exact) mass is 710 g/mol. The molecule has 0 aliphatic carbocycles. The fraction of sp³-hybridized carbons (Fsp3) is 0.265. The van der Waals surface area contributed by atoms with Crippen LogP contribution in [0.2, 0.25) is 0 Å². The highest BCUT2D eigenvalue weighted by Gasteiger charge is 2.35. The highest BCUT2D eigenvalue weighted by molar-refractivity contribution is 9.10. The lowest BCUT2D eigenvalue weighted by Crippen LogP contribution is -2.40. The highest BCUT2D eigenvalue weighted by Crippen LogP contribution is 2.41. The number of allylic oxidation sites excluding steroid dienone is 1. The van der Waals surface area contributed by atoms with E-state index in [0.717, 1.165) is 0 Å². The molecule has 0 N–H and O–H groups in total. The molecule has 0 saturated carbocycles. The number of ether oxygens (including phenoxy) is 5. The van der Waals surface area contributed by atoms with Crippen LogP contribution in [0.15, 0.2) is 80.1 Å². The molecular weight excluding hydrogens is 679 g/mol. The topological polar surface area (TPSA) is 97.6 Å². The van der Waals surface area contributed by atoms with Crippen molar-refractivity contribution >= 4 is 39.3 Å². The molecule has 1 atom stereocenters. The van der Waals surface area contributed by atoms with Gasteiger partial charge in [-0.1, -0.05) is 51.5 Å². The maximum Gasteiger partial charge on any atom is 0.338 e. The lowest BCUT2D eigenvalue weighted by Gasteiger charge is -2.26. The molecule has 3 aromatic carbocycles. The molecule has 0 fully saturated rings. The average Bonchev–Trinajstić information content (AvgIpc) is 3.34. The average molecular weight is 712 g/mol. The van der Waals surface area contributed by atoms with Crippen LogP contribution in [0.4, 0.5) is 4.39 Å². The van der Waals surface area contributed by atoms with Gasteiger partial charge in [-0.3, -0.25) is 9.36 Å². The largest absolute Gasteiger partial charge is 0.493 e. The van der Waals surface area contributed by atoms with E-state index in [2.05, 4.69) is 20.9 Å². The Hall–Kier alpha value is -4.42. The summed E-state index contributed by atoms with van der Waals surface area (Å²) >= 11 is 4.81. The molecule has 0 unspecified atom stereocenters. The van der Waals surface area contributed by atoms with E-state index in [1.165, 1.54) is 36.2 Å². The van der Waals surface area contributed by atoms with E-state index < -0.39 is 12.0 Å². The number of rotatable bonds is 11. The van der Waals surface area contributed by atoms with E-state index in [1.807, 2.05) is 6.92 Å². The second kappa shape index (κ2) is 14.3. The molecule has 1 aliphatic heterocycles. The summed E-state index contributed by atoms with van der Waals surface area (Å²) in [6, 6.07) is 14.3. The number of carbonyl (C=O) groups excluding carboxylic acids is 1. The van der Waals surface area contributed by atoms with Crippen molar-refractivity contribution in [3.8, 4) is 23.0 Å². The molecule has 0 spiro atoms. The van der Waals surface area contributed by atoms with Gasteiger partial charge in [-0.2, -0.15) is 0 Å². The summed E-state index contributed by atoms with van der Waals surface area (Å²) in [6.45, 7) is 5.84. The van der Waals surface area contributed by atoms with Crippen LogP contribution in [0.5, 0.6) is 23.0 Å². The number of nitrogens with zero attached hydrogens (tertiary/aromatic N) is 2. The third-order valence-corrected chi connectivity index (χ3v) is 8.89. The Kier molecular flexibility index (Phi) is 10.3. The smallest absolute Gasteiger partial charge is 0.338 e. The van der Waals surface area contributed by atoms with Crippen molar-refractivity contribution in [3.63, 3.8) is 0 Å². The quantitative estimate of drug-likeness (QED) is 0.185. The number of carbonyl (C=O) groups is 1. The van der Waals surface area contributed by atoms with Gasteiger partial charge in [0.25, 0.3) is 5.56 Å². The third-order valence-electron chi connectivity index (χ3n) is 7.22. The number of methoxy groups -OCH3 is 2. The molecule has 0 radical (unpaired) electrons. The van der Waals surface area contributed by atoms with Crippen molar-refractivity contribution in [2.24, 2.45) is 4.99 Å². The van der Waals surface area contributed by atoms with Crippen molar-refractivity contribution in [2.75, 3.05) is 27.4 Å². The van der Waals surface area contributed by atoms with Crippen LogP contribution < -0.4 is 33.8 Å². The number of esters is 1. The van der Waals surface area contributed by atoms with Gasteiger partial charge in [0.05, 0.1) is 49.3 Å². The van der Waals surface area contributed by atoms with Gasteiger partial charge in [0, 0.05) is 10.0 Å². The van der Waals surface area contributed by atoms with Gasteiger partial charge >= 0.3 is 5.97 Å². The molecule has 9 nitrogen and oxygen atoms in total. The van der Waals surface area contributed by atoms with E-state index in [0.29, 0.717) is 65.8 Å². The Morgan fingerprint density at radius 2 is 1.74 bits per heavy atom. The molecule has 5 rings (SSSR count). The lowest BCUT2D eigenvalue weighted by atomic mass is 9.95. The van der Waals surface area contributed by atoms with Gasteiger partial charge in [0.15, 0.2) is 27.8 Å². The van der Waals surface area contributed by atoms with Crippen LogP contribution in [0.3, 0.4) is 0 Å². The molecule has 240 valence electrons. The van der Waals surface area contributed by atoms with Crippen molar-refractivity contribution in [1.82, 2.24) is 4.57 Å². The number of aromatic nitrogens is 1. The maximum atomic E-state index is 14.1. The summed E-state index contributed by atoms with van der Waals surface area (Å²) in [7, 11) is 3.04. The maximum absolute atomic E-state index is 14.1. The Morgan fingerprint density at radius 1 is 1.00 bits per heavy atom. The predicted molar refractivity (Wildman–Crippen MR) is 176 cm³/mol. The van der Waals surface area contributed by atoms with Crippen molar-refractivity contribution < 1.29 is 32.9 Å². The fourth-order valence-electron chi connectivity index (χ4n) is 5.09. The normalized spacial score (nSPS) is 14.4. The van der Waals surface area contributed by atoms with Crippen LogP contribution >= 0.6 is 27.3 Å². The Morgan fingerprint density at radius 3 is 2.43 bits per heavy atom. The summed E-state index contributed by atoms with van der Waals surface area (Å²) in [5, 5.41) is 0. The van der Waals surface area contributed by atoms with Crippen LogP contribution in [0, 0.1) is 5.82 Å². The lowest BCUT2D eigenvalue weighted by molar-refractivity contribution is -0.139. The van der Waals surface area contributed by atoms with Crippen LogP contribution in [-0.4, -0.2) is 38.0 Å². The number of hydrogen-bond donors (Lipinski definition) is 0. The number of benzene rings is 3. The first-order valence-electron chi connectivity index (χ1n) is 14.4. The van der Waals surface area contributed by atoms with Gasteiger partial charge in [0.1, 0.15) is 12.4 Å². The van der Waals surface area contributed by atoms with E-state index in [4.69, 9.17) is 23.7 Å². The SMILES string of the molecule is CCOC(=O)C1=C(C)N=c2s/c(=C\c3ccc(OCc4ccccc4F)c(OCC)c3)c(=O)n2[C@H]1c1cc(OC)c(OC)cc1Br. The number of fused-ring (bicyclic) bond motifs is 1. The third kappa shape index (κ3) is 6.59. The van der Waals surface area contributed by atoms with Crippen molar-refractivity contribution in [1.29, 1.82) is 0 Å². The molecule has 0 bridgehead atoms. The molecule has 0 amide bonds. The van der Waals surface area contributed by atoms with Gasteiger partial charge < -0.3 is 23.7 Å². The number of halogens is 2. The summed E-state index contributed by atoms with van der Waals surface area (Å²) in [5.41, 5.74) is 2.03. The van der Waals surface area contributed by atoms with Gasteiger partial charge in [-0.25, -0.2) is 14.2 Å². The standard InChI is InChI=1S/C34H32BrFN2O7S/c1-6-43-28-14-20(12-13-25(28)45-18-21-10-8-9-11-24(21)36)15-29-32(39)38-31(22-16-26(41-4)27(42-5)17-23(22)35)30(33(40)44-7-2)19(3)37-34(38)46-29/h8-17,31H,6-7,18H2,1-5H3/b29-15-/t31-/m0/s1. The molecule has 12 heteroatoms. The van der Waals surface area contributed by atoms with E-state index >= 15 is 0 Å². The van der Waals surface area contributed by atoms with Crippen LogP contribution in [0.1, 0.15) is 43.5 Å². The number of thiazole rings is 1. The second-order valence-corrected chi connectivity index (χ2v) is 11.9. The fourth-order valence-corrected chi connectivity index (χ4v) is 6.68. The van der Waals surface area contributed by atoms with Crippen LogP contribution in [0.25, 0.3) is 6.08 Å². The zero-order valence-corrected chi connectivity index (χ0v) is 28.3. The molecule has 46 heavy (non-hydrogen) atoms. The van der Waals surface area contributed by atoms with Crippen molar-refractivity contribution in [2.45, 2.75) is 33.4 Å². The minimum Gasteiger partial charge on any atom is -0.493 e. The zero-order valence-electron chi connectivity index (χ0n) is 25.9. The number of hydrogen-bond acceptors (Lipinski definition) is 9. The minimum absolute atomic E-state index is 0.0263. The van der Waals surface area contributed by atoms with Gasteiger partial charge in [-0.15, -0.1) is 0 Å². The second-order valence-electron chi connectivity index (χ2n) is 10.1. The Balaban J connectivity index is 1.61. The minimum atomic E-state index is -0.861. The molecule has 1 aromatic heterocycles. The zero-order chi connectivity index (χ0) is 33.0. The first kappa shape index (κ1) is 33.0. The molecule has 4 aromatic rings. The van der Waals surface area contributed by atoms with Gasteiger partial charge in [-0.05, 0) is 68.3 Å². The first-order valence-corrected chi connectivity index (χ1v) is 16.1. The van der Waals surface area contributed by atoms with E-state index in [-0.39, 0.29) is 30.2 Å². The molecule has 2 heterocycles. The van der Waals surface area contributed by atoms with E-state index in [1.54, 1.807) is 68.5 Å². The first-order chi connectivity index (χ1) is 22.2.